The van der Waals surface area contributed by atoms with E-state index in [-0.39, 0.29) is 17.9 Å². The molecule has 2 aromatic heterocycles. The van der Waals surface area contributed by atoms with Crippen molar-refractivity contribution in [1.29, 1.82) is 0 Å². The Bertz CT molecular complexity index is 1210. The summed E-state index contributed by atoms with van der Waals surface area (Å²) in [7, 11) is 0. The first-order valence-electron chi connectivity index (χ1n) is 10.5. The van der Waals surface area contributed by atoms with E-state index in [9.17, 15) is 14.7 Å². The van der Waals surface area contributed by atoms with E-state index in [2.05, 4.69) is 9.97 Å². The van der Waals surface area contributed by atoms with Gasteiger partial charge in [-0.05, 0) is 65.9 Å². The number of benzene rings is 1. The van der Waals surface area contributed by atoms with Gasteiger partial charge in [-0.1, -0.05) is 6.07 Å². The van der Waals surface area contributed by atoms with Gasteiger partial charge >= 0.3 is 0 Å². The highest BCUT2D eigenvalue weighted by Gasteiger charge is 2.46. The van der Waals surface area contributed by atoms with Crippen molar-refractivity contribution in [3.05, 3.63) is 95.1 Å². The molecule has 0 spiro atoms. The average Bonchev–Trinajstić information content (AvgIpc) is 3.09. The minimum atomic E-state index is -0.731. The fourth-order valence-corrected chi connectivity index (χ4v) is 4.29. The summed E-state index contributed by atoms with van der Waals surface area (Å²) in [5, 5.41) is 11.2. The Morgan fingerprint density at radius 1 is 1.09 bits per heavy atom. The summed E-state index contributed by atoms with van der Waals surface area (Å²) < 4.78 is 5.66. The second-order valence-corrected chi connectivity index (χ2v) is 7.84. The fraction of sp³-hybridized carbons (Fsp3) is 0.200. The monoisotopic (exact) mass is 427 g/mol. The highest BCUT2D eigenvalue weighted by Crippen LogP contribution is 2.40. The number of likely N-dealkylation sites (tertiary alicyclic amines) is 1. The van der Waals surface area contributed by atoms with Crippen LogP contribution in [0.15, 0.2) is 72.8 Å². The second kappa shape index (κ2) is 8.26. The molecule has 0 saturated carbocycles. The topological polar surface area (TPSA) is 92.6 Å². The number of carbonyl (C=O) groups is 2. The smallest absolute Gasteiger partial charge is 0.295 e. The molecule has 1 unspecified atom stereocenters. The van der Waals surface area contributed by atoms with E-state index in [1.165, 1.54) is 4.90 Å². The van der Waals surface area contributed by atoms with Crippen LogP contribution >= 0.6 is 0 Å². The van der Waals surface area contributed by atoms with Crippen molar-refractivity contribution in [2.24, 2.45) is 0 Å². The van der Waals surface area contributed by atoms with Gasteiger partial charge in [0.15, 0.2) is 0 Å². The van der Waals surface area contributed by atoms with Crippen LogP contribution in [0.2, 0.25) is 0 Å². The molecule has 1 fully saturated rings. The molecule has 2 aliphatic heterocycles. The van der Waals surface area contributed by atoms with Crippen LogP contribution in [0.1, 0.15) is 34.7 Å². The van der Waals surface area contributed by atoms with Gasteiger partial charge in [0.05, 0.1) is 18.2 Å². The van der Waals surface area contributed by atoms with Gasteiger partial charge in [0.2, 0.25) is 0 Å². The van der Waals surface area contributed by atoms with Crippen LogP contribution < -0.4 is 4.74 Å². The predicted molar refractivity (Wildman–Crippen MR) is 117 cm³/mol. The number of aryl methyl sites for hydroxylation is 1. The van der Waals surface area contributed by atoms with E-state index in [0.29, 0.717) is 17.7 Å². The van der Waals surface area contributed by atoms with Crippen LogP contribution in [0, 0.1) is 0 Å². The van der Waals surface area contributed by atoms with E-state index in [0.717, 1.165) is 29.7 Å². The zero-order chi connectivity index (χ0) is 22.1. The average molecular weight is 427 g/mol. The van der Waals surface area contributed by atoms with Gasteiger partial charge < -0.3 is 14.7 Å². The molecule has 160 valence electrons. The number of aliphatic hydroxyl groups excluding tert-OH is 1. The largest absolute Gasteiger partial charge is 0.507 e. The maximum absolute atomic E-state index is 13.1. The van der Waals surface area contributed by atoms with E-state index < -0.39 is 17.7 Å². The Balaban J connectivity index is 1.62. The Morgan fingerprint density at radius 2 is 1.94 bits per heavy atom. The molecule has 1 aromatic carbocycles. The molecule has 4 heterocycles. The highest BCUT2D eigenvalue weighted by molar-refractivity contribution is 6.46. The van der Waals surface area contributed by atoms with E-state index in [1.54, 1.807) is 55.1 Å². The standard InChI is InChI=1S/C25H21N3O4/c29-23(19-5-6-20-18(13-19)4-2-12-32-20)21-22(17-7-10-26-11-8-17)28(25(31)24(21)30)15-16-3-1-9-27-14-16/h1,3,5-11,13-14,22,29H,2,4,12,15H2/b23-21-. The molecular weight excluding hydrogens is 406 g/mol. The van der Waals surface area contributed by atoms with Gasteiger partial charge in [-0.2, -0.15) is 0 Å². The molecule has 1 amide bonds. The Kier molecular flexibility index (Phi) is 5.15. The summed E-state index contributed by atoms with van der Waals surface area (Å²) in [6, 6.07) is 11.8. The van der Waals surface area contributed by atoms with Gasteiger partial charge in [-0.15, -0.1) is 0 Å². The second-order valence-electron chi connectivity index (χ2n) is 7.84. The first-order chi connectivity index (χ1) is 15.6. The molecule has 2 aliphatic rings. The van der Waals surface area contributed by atoms with Crippen LogP contribution in [-0.4, -0.2) is 38.3 Å². The van der Waals surface area contributed by atoms with Crippen molar-refractivity contribution in [1.82, 2.24) is 14.9 Å². The number of fused-ring (bicyclic) bond motifs is 1. The number of Topliss-reactive ketones (excluding diaryl/α,β-unsaturated/α-hetero) is 1. The molecule has 7 heteroatoms. The molecule has 32 heavy (non-hydrogen) atoms. The molecule has 0 radical (unpaired) electrons. The summed E-state index contributed by atoms with van der Waals surface area (Å²) in [5.41, 5.74) is 3.03. The first kappa shape index (κ1) is 19.9. The zero-order valence-electron chi connectivity index (χ0n) is 17.3. The summed E-state index contributed by atoms with van der Waals surface area (Å²) in [6.07, 6.45) is 8.25. The van der Waals surface area contributed by atoms with E-state index in [1.807, 2.05) is 12.1 Å². The minimum Gasteiger partial charge on any atom is -0.507 e. The highest BCUT2D eigenvalue weighted by atomic mass is 16.5. The lowest BCUT2D eigenvalue weighted by Gasteiger charge is -2.25. The number of rotatable bonds is 4. The number of amides is 1. The van der Waals surface area contributed by atoms with Gasteiger partial charge in [0, 0.05) is 36.9 Å². The summed E-state index contributed by atoms with van der Waals surface area (Å²) in [4.78, 5) is 35.8. The predicted octanol–water partition coefficient (Wildman–Crippen LogP) is 3.42. The lowest BCUT2D eigenvalue weighted by molar-refractivity contribution is -0.140. The Labute approximate surface area is 185 Å². The van der Waals surface area contributed by atoms with Crippen LogP contribution in [-0.2, 0) is 22.6 Å². The van der Waals surface area contributed by atoms with Crippen molar-refractivity contribution in [3.63, 3.8) is 0 Å². The van der Waals surface area contributed by atoms with E-state index >= 15 is 0 Å². The van der Waals surface area contributed by atoms with Gasteiger partial charge in [-0.3, -0.25) is 19.6 Å². The molecule has 5 rings (SSSR count). The third-order valence-corrected chi connectivity index (χ3v) is 5.82. The SMILES string of the molecule is O=C1C(=O)N(Cc2cccnc2)C(c2ccncc2)/C1=C(/O)c1ccc2c(c1)CCCO2. The first-order valence-corrected chi connectivity index (χ1v) is 10.5. The molecule has 1 atom stereocenters. The fourth-order valence-electron chi connectivity index (χ4n) is 4.29. The maximum atomic E-state index is 13.1. The lowest BCUT2D eigenvalue weighted by Crippen LogP contribution is -2.29. The van der Waals surface area contributed by atoms with Gasteiger partial charge in [0.1, 0.15) is 11.5 Å². The number of ketones is 1. The van der Waals surface area contributed by atoms with E-state index in [4.69, 9.17) is 4.74 Å². The number of pyridine rings is 2. The Morgan fingerprint density at radius 3 is 2.72 bits per heavy atom. The number of carbonyl (C=O) groups excluding carboxylic acids is 2. The van der Waals surface area contributed by atoms with Crippen molar-refractivity contribution in [2.45, 2.75) is 25.4 Å². The minimum absolute atomic E-state index is 0.0711. The number of aliphatic hydroxyl groups is 1. The van der Waals surface area contributed by atoms with Crippen molar-refractivity contribution < 1.29 is 19.4 Å². The number of ether oxygens (including phenoxy) is 1. The molecule has 0 bridgehead atoms. The van der Waals surface area contributed by atoms with Gasteiger partial charge in [-0.25, -0.2) is 0 Å². The van der Waals surface area contributed by atoms with Crippen LogP contribution in [0.3, 0.4) is 0 Å². The summed E-state index contributed by atoms with van der Waals surface area (Å²) in [6.45, 7) is 0.861. The van der Waals surface area contributed by atoms with Crippen molar-refractivity contribution in [2.75, 3.05) is 6.61 Å². The molecule has 3 aromatic rings. The normalized spacial score (nSPS) is 19.5. The lowest BCUT2D eigenvalue weighted by atomic mass is 9.94. The van der Waals surface area contributed by atoms with Crippen LogP contribution in [0.4, 0.5) is 0 Å². The van der Waals surface area contributed by atoms with Crippen molar-refractivity contribution >= 4 is 17.4 Å². The molecule has 1 N–H and O–H groups in total. The van der Waals surface area contributed by atoms with Crippen LogP contribution in [0.25, 0.3) is 5.76 Å². The third kappa shape index (κ3) is 3.51. The van der Waals surface area contributed by atoms with Crippen molar-refractivity contribution in [3.8, 4) is 5.75 Å². The zero-order valence-corrected chi connectivity index (χ0v) is 17.3. The quantitative estimate of drug-likeness (QED) is 0.390. The summed E-state index contributed by atoms with van der Waals surface area (Å²) in [5.74, 6) is -0.761. The molecule has 7 nitrogen and oxygen atoms in total. The molecular formula is C25H21N3O4. The molecule has 1 saturated heterocycles. The number of nitrogens with zero attached hydrogens (tertiary/aromatic N) is 3. The number of hydrogen-bond donors (Lipinski definition) is 1. The molecule has 0 aliphatic carbocycles. The summed E-state index contributed by atoms with van der Waals surface area (Å²) >= 11 is 0. The number of hydrogen-bond acceptors (Lipinski definition) is 6. The Hall–Kier alpha value is -4.00. The van der Waals surface area contributed by atoms with Crippen LogP contribution in [0.5, 0.6) is 5.75 Å². The number of aromatic nitrogens is 2. The third-order valence-electron chi connectivity index (χ3n) is 5.82. The van der Waals surface area contributed by atoms with Gasteiger partial charge in [0.25, 0.3) is 11.7 Å². The maximum Gasteiger partial charge on any atom is 0.295 e.